The number of hydrogen-bond donors (Lipinski definition) is 1. The quantitative estimate of drug-likeness (QED) is 0.771. The molecule has 26 heavy (non-hydrogen) atoms. The van der Waals surface area contributed by atoms with Gasteiger partial charge in [-0.05, 0) is 26.0 Å². The van der Waals surface area contributed by atoms with Crippen molar-refractivity contribution in [3.8, 4) is 0 Å². The van der Waals surface area contributed by atoms with Crippen LogP contribution in [0.15, 0.2) is 49.1 Å². The first kappa shape index (κ1) is 18.6. The Hall–Kier alpha value is -2.18. The van der Waals surface area contributed by atoms with Gasteiger partial charge in [0.25, 0.3) is 0 Å². The van der Waals surface area contributed by atoms with Crippen LogP contribution in [0.3, 0.4) is 0 Å². The van der Waals surface area contributed by atoms with E-state index >= 15 is 0 Å². The molecule has 0 aliphatic carbocycles. The zero-order valence-corrected chi connectivity index (χ0v) is 15.7. The van der Waals surface area contributed by atoms with Crippen LogP contribution in [-0.4, -0.2) is 65.0 Å². The lowest BCUT2D eigenvalue weighted by Crippen LogP contribution is -2.47. The van der Waals surface area contributed by atoms with Gasteiger partial charge in [0.15, 0.2) is 0 Å². The molecule has 1 aromatic carbocycles. The van der Waals surface area contributed by atoms with Crippen molar-refractivity contribution in [2.24, 2.45) is 0 Å². The molecule has 6 nitrogen and oxygen atoms in total. The van der Waals surface area contributed by atoms with E-state index < -0.39 is 0 Å². The molecule has 2 heterocycles. The highest BCUT2D eigenvalue weighted by Crippen LogP contribution is 2.24. The molecule has 2 unspecified atom stereocenters. The number of piperazine rings is 1. The summed E-state index contributed by atoms with van der Waals surface area (Å²) < 4.78 is 1.82. The molecule has 1 aliphatic heterocycles. The van der Waals surface area contributed by atoms with Crippen molar-refractivity contribution in [3.63, 3.8) is 0 Å². The summed E-state index contributed by atoms with van der Waals surface area (Å²) in [4.78, 5) is 21.2. The molecule has 1 fully saturated rings. The Labute approximate surface area is 155 Å². The minimum Gasteiger partial charge on any atom is -0.354 e. The highest BCUT2D eigenvalue weighted by molar-refractivity contribution is 5.79. The maximum atomic E-state index is 12.2. The number of carbonyl (C=O) groups is 1. The van der Waals surface area contributed by atoms with Crippen LogP contribution in [0, 0.1) is 0 Å². The minimum atomic E-state index is -0.224. The van der Waals surface area contributed by atoms with Crippen LogP contribution in [0.5, 0.6) is 0 Å². The minimum absolute atomic E-state index is 0.0426. The first-order valence-corrected chi connectivity index (χ1v) is 9.38. The summed E-state index contributed by atoms with van der Waals surface area (Å²) in [5.74, 6) is 0.0426. The number of nitrogens with one attached hydrogen (secondary N) is 1. The van der Waals surface area contributed by atoms with Crippen LogP contribution in [0.2, 0.25) is 0 Å². The van der Waals surface area contributed by atoms with Crippen LogP contribution in [-0.2, 0) is 4.79 Å². The number of aromatic nitrogens is 2. The lowest BCUT2D eigenvalue weighted by molar-refractivity contribution is -0.123. The Morgan fingerprint density at radius 1 is 1.31 bits per heavy atom. The molecule has 1 amide bonds. The normalized spacial score (nSPS) is 20.0. The van der Waals surface area contributed by atoms with Gasteiger partial charge >= 0.3 is 0 Å². The van der Waals surface area contributed by atoms with E-state index in [-0.39, 0.29) is 11.9 Å². The van der Waals surface area contributed by atoms with Crippen LogP contribution in [0.25, 0.3) is 0 Å². The summed E-state index contributed by atoms with van der Waals surface area (Å²) in [5.41, 5.74) is 1.37. The molecule has 140 valence electrons. The van der Waals surface area contributed by atoms with E-state index in [1.807, 2.05) is 17.7 Å². The van der Waals surface area contributed by atoms with Crippen molar-refractivity contribution in [2.75, 3.05) is 39.8 Å². The van der Waals surface area contributed by atoms with Crippen molar-refractivity contribution >= 4 is 5.91 Å². The van der Waals surface area contributed by atoms with Crippen molar-refractivity contribution in [1.82, 2.24) is 24.7 Å². The van der Waals surface area contributed by atoms with Crippen molar-refractivity contribution in [2.45, 2.75) is 25.4 Å². The standard InChI is InChI=1S/C20H29N5O/c1-17(25-12-10-21-16-25)20(26)22-9-6-11-24-14-13-23(2)15-19(24)18-7-4-3-5-8-18/h3-5,7-8,10,12,16-17,19H,6,9,11,13-15H2,1-2H3,(H,22,26). The fourth-order valence-corrected chi connectivity index (χ4v) is 3.49. The average Bonchev–Trinajstić information content (AvgIpc) is 3.20. The van der Waals surface area contributed by atoms with Crippen molar-refractivity contribution in [1.29, 1.82) is 0 Å². The van der Waals surface area contributed by atoms with Gasteiger partial charge < -0.3 is 14.8 Å². The van der Waals surface area contributed by atoms with Gasteiger partial charge in [0.05, 0.1) is 6.33 Å². The Kier molecular flexibility index (Phi) is 6.41. The van der Waals surface area contributed by atoms with Gasteiger partial charge in [-0.15, -0.1) is 0 Å². The number of carbonyl (C=O) groups excluding carboxylic acids is 1. The second-order valence-electron chi connectivity index (χ2n) is 7.06. The van der Waals surface area contributed by atoms with Gasteiger partial charge in [0.1, 0.15) is 6.04 Å². The SMILES string of the molecule is CC(C(=O)NCCCN1CCN(C)CC1c1ccccc1)n1ccnc1. The highest BCUT2D eigenvalue weighted by atomic mass is 16.2. The van der Waals surface area contributed by atoms with E-state index in [4.69, 9.17) is 0 Å². The van der Waals surface area contributed by atoms with Crippen molar-refractivity contribution < 1.29 is 4.79 Å². The first-order valence-electron chi connectivity index (χ1n) is 9.38. The molecule has 1 aliphatic rings. The molecule has 0 radical (unpaired) electrons. The summed E-state index contributed by atoms with van der Waals surface area (Å²) in [7, 11) is 2.19. The molecular weight excluding hydrogens is 326 g/mol. The fraction of sp³-hybridized carbons (Fsp3) is 0.500. The molecule has 0 saturated carbocycles. The lowest BCUT2D eigenvalue weighted by Gasteiger charge is -2.40. The number of amides is 1. The summed E-state index contributed by atoms with van der Waals surface area (Å²) in [6, 6.07) is 10.9. The summed E-state index contributed by atoms with van der Waals surface area (Å²) >= 11 is 0. The molecule has 1 aromatic heterocycles. The van der Waals surface area contributed by atoms with Gasteiger partial charge in [-0.3, -0.25) is 9.69 Å². The first-order chi connectivity index (χ1) is 12.6. The third-order valence-corrected chi connectivity index (χ3v) is 5.15. The lowest BCUT2D eigenvalue weighted by atomic mass is 10.0. The van der Waals surface area contributed by atoms with Crippen LogP contribution >= 0.6 is 0 Å². The van der Waals surface area contributed by atoms with Crippen molar-refractivity contribution in [3.05, 3.63) is 54.6 Å². The molecule has 0 bridgehead atoms. The fourth-order valence-electron chi connectivity index (χ4n) is 3.49. The van der Waals surface area contributed by atoms with E-state index in [0.717, 1.165) is 32.6 Å². The molecule has 6 heteroatoms. The van der Waals surface area contributed by atoms with E-state index in [2.05, 4.69) is 57.5 Å². The van der Waals surface area contributed by atoms with Crippen LogP contribution < -0.4 is 5.32 Å². The Morgan fingerprint density at radius 2 is 2.12 bits per heavy atom. The molecule has 1 saturated heterocycles. The number of likely N-dealkylation sites (N-methyl/N-ethyl adjacent to an activating group) is 1. The maximum absolute atomic E-state index is 12.2. The molecule has 0 spiro atoms. The zero-order valence-electron chi connectivity index (χ0n) is 15.7. The molecular formula is C20H29N5O. The van der Waals surface area contributed by atoms with E-state index in [9.17, 15) is 4.79 Å². The maximum Gasteiger partial charge on any atom is 0.242 e. The van der Waals surface area contributed by atoms with Gasteiger partial charge in [-0.2, -0.15) is 0 Å². The summed E-state index contributed by atoms with van der Waals surface area (Å²) in [6.07, 6.45) is 6.15. The van der Waals surface area contributed by atoms with Crippen LogP contribution in [0.4, 0.5) is 0 Å². The molecule has 1 N–H and O–H groups in total. The van der Waals surface area contributed by atoms with E-state index in [1.165, 1.54) is 5.56 Å². The number of hydrogen-bond acceptors (Lipinski definition) is 4. The largest absolute Gasteiger partial charge is 0.354 e. The summed E-state index contributed by atoms with van der Waals surface area (Å²) in [6.45, 7) is 6.79. The molecule has 2 atom stereocenters. The number of benzene rings is 1. The van der Waals surface area contributed by atoms with Gasteiger partial charge in [0, 0.05) is 51.2 Å². The predicted octanol–water partition coefficient (Wildman–Crippen LogP) is 1.94. The number of nitrogens with zero attached hydrogens (tertiary/aromatic N) is 4. The number of rotatable bonds is 7. The highest BCUT2D eigenvalue weighted by Gasteiger charge is 2.26. The van der Waals surface area contributed by atoms with Gasteiger partial charge in [0.2, 0.25) is 5.91 Å². The van der Waals surface area contributed by atoms with Gasteiger partial charge in [-0.25, -0.2) is 4.98 Å². The smallest absolute Gasteiger partial charge is 0.242 e. The average molecular weight is 355 g/mol. The van der Waals surface area contributed by atoms with Crippen LogP contribution in [0.1, 0.15) is 31.0 Å². The monoisotopic (exact) mass is 355 g/mol. The Bertz CT molecular complexity index is 673. The Morgan fingerprint density at radius 3 is 2.85 bits per heavy atom. The third-order valence-electron chi connectivity index (χ3n) is 5.15. The van der Waals surface area contributed by atoms with E-state index in [1.54, 1.807) is 12.5 Å². The Balaban J connectivity index is 1.48. The van der Waals surface area contributed by atoms with E-state index in [0.29, 0.717) is 12.6 Å². The molecule has 2 aromatic rings. The zero-order chi connectivity index (χ0) is 18.4. The predicted molar refractivity (Wildman–Crippen MR) is 103 cm³/mol. The summed E-state index contributed by atoms with van der Waals surface area (Å²) in [5, 5.41) is 3.05. The van der Waals surface area contributed by atoms with Gasteiger partial charge in [-0.1, -0.05) is 30.3 Å². The third kappa shape index (κ3) is 4.71. The second kappa shape index (κ2) is 8.96. The number of imidazole rings is 1. The molecule has 3 rings (SSSR count). The topological polar surface area (TPSA) is 53.4 Å². The second-order valence-corrected chi connectivity index (χ2v) is 7.06.